The summed E-state index contributed by atoms with van der Waals surface area (Å²) in [6.45, 7) is 0.964. The Balaban J connectivity index is 1.50. The second-order valence-corrected chi connectivity index (χ2v) is 7.02. The average Bonchev–Trinajstić information content (AvgIpc) is 3.10. The third-order valence-corrected chi connectivity index (χ3v) is 5.09. The number of benzene rings is 2. The van der Waals surface area contributed by atoms with Gasteiger partial charge in [-0.3, -0.25) is 4.79 Å². The summed E-state index contributed by atoms with van der Waals surface area (Å²) in [5.41, 5.74) is 2.31. The fourth-order valence-electron chi connectivity index (χ4n) is 3.55. The maximum atomic E-state index is 12.5. The number of hydrogen-bond acceptors (Lipinski definition) is 4. The molecular formula is C22H24N4O2. The molecule has 1 aliphatic rings. The number of nitrogens with one attached hydrogen (secondary N) is 1. The summed E-state index contributed by atoms with van der Waals surface area (Å²) in [7, 11) is 1.59. The van der Waals surface area contributed by atoms with Gasteiger partial charge in [-0.05, 0) is 55.3 Å². The molecule has 4 rings (SSSR count). The van der Waals surface area contributed by atoms with E-state index < -0.39 is 0 Å². The fraction of sp³-hybridized carbons (Fsp3) is 0.318. The summed E-state index contributed by atoms with van der Waals surface area (Å²) in [5.74, 6) is 2.47. The Morgan fingerprint density at radius 1 is 1.04 bits per heavy atom. The van der Waals surface area contributed by atoms with Crippen LogP contribution in [0.25, 0.3) is 11.4 Å². The lowest BCUT2D eigenvalue weighted by Crippen LogP contribution is -2.12. The summed E-state index contributed by atoms with van der Waals surface area (Å²) < 4.78 is 7.42. The van der Waals surface area contributed by atoms with Crippen LogP contribution in [-0.2, 0) is 13.0 Å². The van der Waals surface area contributed by atoms with Crippen molar-refractivity contribution >= 4 is 11.6 Å². The topological polar surface area (TPSA) is 69.0 Å². The van der Waals surface area contributed by atoms with Gasteiger partial charge in [0, 0.05) is 29.8 Å². The molecule has 2 heterocycles. The molecule has 1 amide bonds. The Kier molecular flexibility index (Phi) is 5.37. The maximum absolute atomic E-state index is 12.5. The second-order valence-electron chi connectivity index (χ2n) is 7.02. The third-order valence-electron chi connectivity index (χ3n) is 5.09. The lowest BCUT2D eigenvalue weighted by atomic mass is 10.1. The first kappa shape index (κ1) is 18.2. The summed E-state index contributed by atoms with van der Waals surface area (Å²) >= 11 is 0. The molecule has 6 heteroatoms. The highest BCUT2D eigenvalue weighted by molar-refractivity contribution is 6.04. The molecule has 0 fully saturated rings. The summed E-state index contributed by atoms with van der Waals surface area (Å²) in [4.78, 5) is 12.5. The van der Waals surface area contributed by atoms with Gasteiger partial charge in [0.2, 0.25) is 0 Å². The summed E-state index contributed by atoms with van der Waals surface area (Å²) in [6.07, 6.45) is 5.85. The molecule has 1 aliphatic heterocycles. The van der Waals surface area contributed by atoms with Crippen LogP contribution in [0.1, 0.15) is 41.9 Å². The van der Waals surface area contributed by atoms with E-state index in [0.717, 1.165) is 42.3 Å². The van der Waals surface area contributed by atoms with E-state index in [1.807, 2.05) is 30.3 Å². The van der Waals surface area contributed by atoms with Crippen LogP contribution in [0.5, 0.6) is 5.75 Å². The van der Waals surface area contributed by atoms with Gasteiger partial charge in [-0.1, -0.05) is 18.9 Å². The van der Waals surface area contributed by atoms with Gasteiger partial charge in [-0.2, -0.15) is 0 Å². The Labute approximate surface area is 164 Å². The number of carbonyl (C=O) groups is 1. The van der Waals surface area contributed by atoms with Crippen molar-refractivity contribution in [3.05, 3.63) is 59.9 Å². The van der Waals surface area contributed by atoms with Gasteiger partial charge in [0.25, 0.3) is 5.91 Å². The fourth-order valence-corrected chi connectivity index (χ4v) is 3.55. The number of ether oxygens (including phenoxy) is 1. The van der Waals surface area contributed by atoms with Gasteiger partial charge in [-0.15, -0.1) is 10.2 Å². The predicted octanol–water partition coefficient (Wildman–Crippen LogP) is 4.32. The normalized spacial score (nSPS) is 13.9. The lowest BCUT2D eigenvalue weighted by Gasteiger charge is -2.13. The average molecular weight is 376 g/mol. The third kappa shape index (κ3) is 3.91. The molecule has 0 unspecified atom stereocenters. The number of aryl methyl sites for hydroxylation is 1. The molecule has 0 aliphatic carbocycles. The first-order chi connectivity index (χ1) is 13.7. The van der Waals surface area contributed by atoms with Crippen molar-refractivity contribution < 1.29 is 9.53 Å². The number of rotatable bonds is 4. The molecule has 28 heavy (non-hydrogen) atoms. The SMILES string of the molecule is COc1cccc(C(=O)Nc2ccc(-c3nnc4n3CCCCCC4)cc2)c1. The van der Waals surface area contributed by atoms with E-state index in [0.29, 0.717) is 11.3 Å². The zero-order valence-electron chi connectivity index (χ0n) is 16.0. The van der Waals surface area contributed by atoms with Gasteiger partial charge in [-0.25, -0.2) is 0 Å². The minimum Gasteiger partial charge on any atom is -0.497 e. The number of anilines is 1. The van der Waals surface area contributed by atoms with Gasteiger partial charge in [0.1, 0.15) is 11.6 Å². The highest BCUT2D eigenvalue weighted by Gasteiger charge is 2.15. The number of fused-ring (bicyclic) bond motifs is 1. The first-order valence-electron chi connectivity index (χ1n) is 9.72. The zero-order chi connectivity index (χ0) is 19.3. The minimum absolute atomic E-state index is 0.167. The monoisotopic (exact) mass is 376 g/mol. The van der Waals surface area contributed by atoms with E-state index in [2.05, 4.69) is 20.1 Å². The first-order valence-corrected chi connectivity index (χ1v) is 9.72. The van der Waals surface area contributed by atoms with Crippen molar-refractivity contribution in [2.75, 3.05) is 12.4 Å². The van der Waals surface area contributed by atoms with Crippen LogP contribution in [0.15, 0.2) is 48.5 Å². The molecule has 0 spiro atoms. The van der Waals surface area contributed by atoms with Crippen LogP contribution in [0.3, 0.4) is 0 Å². The summed E-state index contributed by atoms with van der Waals surface area (Å²) in [6, 6.07) is 14.9. The second kappa shape index (κ2) is 8.25. The van der Waals surface area contributed by atoms with Crippen molar-refractivity contribution in [1.29, 1.82) is 0 Å². The van der Waals surface area contributed by atoms with Crippen LogP contribution in [0.2, 0.25) is 0 Å². The number of carbonyl (C=O) groups excluding carboxylic acids is 1. The van der Waals surface area contributed by atoms with Gasteiger partial charge < -0.3 is 14.6 Å². The number of aromatic nitrogens is 3. The molecule has 1 N–H and O–H groups in total. The Bertz CT molecular complexity index is 963. The van der Waals surface area contributed by atoms with Crippen LogP contribution in [0, 0.1) is 0 Å². The quantitative estimate of drug-likeness (QED) is 0.736. The number of hydrogen-bond donors (Lipinski definition) is 1. The van der Waals surface area contributed by atoms with Crippen molar-refractivity contribution in [3.63, 3.8) is 0 Å². The molecule has 3 aromatic rings. The molecule has 1 aromatic heterocycles. The van der Waals surface area contributed by atoms with Crippen molar-refractivity contribution in [1.82, 2.24) is 14.8 Å². The zero-order valence-corrected chi connectivity index (χ0v) is 16.0. The molecule has 0 saturated carbocycles. The van der Waals surface area contributed by atoms with Gasteiger partial charge in [0.05, 0.1) is 7.11 Å². The van der Waals surface area contributed by atoms with E-state index in [9.17, 15) is 4.79 Å². The molecule has 0 radical (unpaired) electrons. The van der Waals surface area contributed by atoms with Crippen LogP contribution in [-0.4, -0.2) is 27.8 Å². The molecular weight excluding hydrogens is 352 g/mol. The molecule has 144 valence electrons. The lowest BCUT2D eigenvalue weighted by molar-refractivity contribution is 0.102. The van der Waals surface area contributed by atoms with Crippen molar-refractivity contribution in [3.8, 4) is 17.1 Å². The van der Waals surface area contributed by atoms with Gasteiger partial charge >= 0.3 is 0 Å². The Morgan fingerprint density at radius 3 is 2.68 bits per heavy atom. The van der Waals surface area contributed by atoms with Gasteiger partial charge in [0.15, 0.2) is 5.82 Å². The van der Waals surface area contributed by atoms with E-state index in [1.54, 1.807) is 25.3 Å². The van der Waals surface area contributed by atoms with Crippen molar-refractivity contribution in [2.24, 2.45) is 0 Å². The molecule has 6 nitrogen and oxygen atoms in total. The molecule has 0 saturated heterocycles. The van der Waals surface area contributed by atoms with Crippen molar-refractivity contribution in [2.45, 2.75) is 38.6 Å². The van der Waals surface area contributed by atoms with E-state index in [4.69, 9.17) is 4.74 Å². The highest BCUT2D eigenvalue weighted by atomic mass is 16.5. The Hall–Kier alpha value is -3.15. The molecule has 0 atom stereocenters. The minimum atomic E-state index is -0.167. The van der Waals surface area contributed by atoms with Crippen LogP contribution >= 0.6 is 0 Å². The summed E-state index contributed by atoms with van der Waals surface area (Å²) in [5, 5.41) is 11.7. The Morgan fingerprint density at radius 2 is 1.86 bits per heavy atom. The van der Waals surface area contributed by atoms with E-state index in [-0.39, 0.29) is 5.91 Å². The highest BCUT2D eigenvalue weighted by Crippen LogP contribution is 2.24. The largest absolute Gasteiger partial charge is 0.497 e. The number of methoxy groups -OCH3 is 1. The molecule has 0 bridgehead atoms. The van der Waals surface area contributed by atoms with E-state index >= 15 is 0 Å². The van der Waals surface area contributed by atoms with Crippen LogP contribution < -0.4 is 10.1 Å². The smallest absolute Gasteiger partial charge is 0.255 e. The van der Waals surface area contributed by atoms with Crippen LogP contribution in [0.4, 0.5) is 5.69 Å². The number of amides is 1. The standard InChI is InChI=1S/C22H24N4O2/c1-28-19-8-6-7-17(15-19)22(27)23-18-12-10-16(11-13-18)21-25-24-20-9-4-2-3-5-14-26(20)21/h6-8,10-13,15H,2-5,9,14H2,1H3,(H,23,27). The maximum Gasteiger partial charge on any atom is 0.255 e. The predicted molar refractivity (Wildman–Crippen MR) is 109 cm³/mol. The number of nitrogens with zero attached hydrogens (tertiary/aromatic N) is 3. The molecule has 2 aromatic carbocycles. The van der Waals surface area contributed by atoms with E-state index in [1.165, 1.54) is 19.3 Å².